The molecular formula is C10H15NO4. The number of carbonyl (C=O) groups excluding carboxylic acids is 1. The van der Waals surface area contributed by atoms with Gasteiger partial charge in [-0.3, -0.25) is 0 Å². The lowest BCUT2D eigenvalue weighted by molar-refractivity contribution is 0.0507. The molecule has 0 unspecified atom stereocenters. The van der Waals surface area contributed by atoms with Crippen LogP contribution in [0.5, 0.6) is 0 Å². The molecule has 0 aliphatic carbocycles. The summed E-state index contributed by atoms with van der Waals surface area (Å²) in [5.74, 6) is -0.0525. The minimum absolute atomic E-state index is 0.202. The van der Waals surface area contributed by atoms with Crippen LogP contribution in [0.15, 0.2) is 10.8 Å². The van der Waals surface area contributed by atoms with Crippen molar-refractivity contribution in [1.82, 2.24) is 4.98 Å². The topological polar surface area (TPSA) is 61.6 Å². The summed E-state index contributed by atoms with van der Waals surface area (Å²) in [4.78, 5) is 15.2. The van der Waals surface area contributed by atoms with Crippen molar-refractivity contribution in [2.45, 2.75) is 26.9 Å². The summed E-state index contributed by atoms with van der Waals surface area (Å²) in [7, 11) is 0. The highest BCUT2D eigenvalue weighted by Gasteiger charge is 2.17. The SMILES string of the molecule is CCCOCc1ocnc1C(=O)OCC. The molecule has 0 atom stereocenters. The number of carbonyl (C=O) groups is 1. The normalized spacial score (nSPS) is 10.3. The van der Waals surface area contributed by atoms with E-state index in [0.717, 1.165) is 6.42 Å². The van der Waals surface area contributed by atoms with E-state index >= 15 is 0 Å². The highest BCUT2D eigenvalue weighted by molar-refractivity contribution is 5.88. The maximum absolute atomic E-state index is 11.4. The Morgan fingerprint density at radius 1 is 1.53 bits per heavy atom. The predicted octanol–water partition coefficient (Wildman–Crippen LogP) is 1.78. The lowest BCUT2D eigenvalue weighted by atomic mass is 10.3. The number of rotatable bonds is 6. The van der Waals surface area contributed by atoms with Gasteiger partial charge in [0.25, 0.3) is 0 Å². The predicted molar refractivity (Wildman–Crippen MR) is 52.4 cm³/mol. The van der Waals surface area contributed by atoms with Crippen molar-refractivity contribution in [1.29, 1.82) is 0 Å². The van der Waals surface area contributed by atoms with Crippen LogP contribution < -0.4 is 0 Å². The molecule has 84 valence electrons. The summed E-state index contributed by atoms with van der Waals surface area (Å²) in [6.45, 7) is 4.95. The maximum atomic E-state index is 11.4. The molecule has 0 aliphatic heterocycles. The molecular weight excluding hydrogens is 198 g/mol. The van der Waals surface area contributed by atoms with E-state index in [9.17, 15) is 4.79 Å². The first-order valence-electron chi connectivity index (χ1n) is 4.96. The Morgan fingerprint density at radius 3 is 3.00 bits per heavy atom. The molecule has 0 aliphatic rings. The second-order valence-corrected chi connectivity index (χ2v) is 2.90. The number of esters is 1. The minimum Gasteiger partial charge on any atom is -0.461 e. The van der Waals surface area contributed by atoms with Crippen LogP contribution in [0.4, 0.5) is 0 Å². The zero-order valence-electron chi connectivity index (χ0n) is 8.99. The molecule has 1 heterocycles. The number of oxazole rings is 1. The van der Waals surface area contributed by atoms with Gasteiger partial charge in [0.1, 0.15) is 6.61 Å². The summed E-state index contributed by atoms with van der Waals surface area (Å²) in [5.41, 5.74) is 0.202. The molecule has 0 fully saturated rings. The first-order valence-corrected chi connectivity index (χ1v) is 4.96. The van der Waals surface area contributed by atoms with Gasteiger partial charge in [0.15, 0.2) is 17.8 Å². The van der Waals surface area contributed by atoms with Crippen molar-refractivity contribution >= 4 is 5.97 Å². The third kappa shape index (κ3) is 3.36. The Hall–Kier alpha value is -1.36. The van der Waals surface area contributed by atoms with Gasteiger partial charge in [-0.15, -0.1) is 0 Å². The van der Waals surface area contributed by atoms with E-state index in [4.69, 9.17) is 13.9 Å². The van der Waals surface area contributed by atoms with Gasteiger partial charge in [0.05, 0.1) is 6.61 Å². The molecule has 1 aromatic rings. The van der Waals surface area contributed by atoms with Gasteiger partial charge in [-0.2, -0.15) is 0 Å². The van der Waals surface area contributed by atoms with Crippen molar-refractivity contribution < 1.29 is 18.7 Å². The fourth-order valence-electron chi connectivity index (χ4n) is 1.05. The first-order chi connectivity index (χ1) is 7.29. The summed E-state index contributed by atoms with van der Waals surface area (Å²) in [6.07, 6.45) is 2.14. The van der Waals surface area contributed by atoms with Crippen molar-refractivity contribution in [3.05, 3.63) is 17.8 Å². The number of ether oxygens (including phenoxy) is 2. The standard InChI is InChI=1S/C10H15NO4/c1-3-5-13-6-8-9(11-7-15-8)10(12)14-4-2/h7H,3-6H2,1-2H3. The van der Waals surface area contributed by atoms with Crippen LogP contribution >= 0.6 is 0 Å². The molecule has 5 nitrogen and oxygen atoms in total. The Bertz CT molecular complexity index is 308. The van der Waals surface area contributed by atoms with E-state index in [1.807, 2.05) is 6.92 Å². The highest BCUT2D eigenvalue weighted by atomic mass is 16.5. The molecule has 0 aromatic carbocycles. The molecule has 0 N–H and O–H groups in total. The Balaban J connectivity index is 2.56. The fourth-order valence-corrected chi connectivity index (χ4v) is 1.05. The average Bonchev–Trinajstić information content (AvgIpc) is 2.67. The van der Waals surface area contributed by atoms with Crippen LogP contribution in [0, 0.1) is 0 Å². The van der Waals surface area contributed by atoms with Crippen LogP contribution in [0.25, 0.3) is 0 Å². The molecule has 0 saturated carbocycles. The van der Waals surface area contributed by atoms with E-state index in [2.05, 4.69) is 4.98 Å². The van der Waals surface area contributed by atoms with Crippen LogP contribution in [-0.2, 0) is 16.1 Å². The van der Waals surface area contributed by atoms with Crippen LogP contribution in [-0.4, -0.2) is 24.2 Å². The summed E-state index contributed by atoms with van der Waals surface area (Å²) in [6, 6.07) is 0. The van der Waals surface area contributed by atoms with Gasteiger partial charge in [0.2, 0.25) is 0 Å². The maximum Gasteiger partial charge on any atom is 0.360 e. The second kappa shape index (κ2) is 6.19. The zero-order valence-corrected chi connectivity index (χ0v) is 8.99. The number of aromatic nitrogens is 1. The van der Waals surface area contributed by atoms with Crippen molar-refractivity contribution in [3.63, 3.8) is 0 Å². The van der Waals surface area contributed by atoms with E-state index in [1.54, 1.807) is 6.92 Å². The smallest absolute Gasteiger partial charge is 0.360 e. The summed E-state index contributed by atoms with van der Waals surface area (Å²) < 4.78 is 15.1. The molecule has 0 spiro atoms. The second-order valence-electron chi connectivity index (χ2n) is 2.90. The molecule has 5 heteroatoms. The highest BCUT2D eigenvalue weighted by Crippen LogP contribution is 2.09. The van der Waals surface area contributed by atoms with Crippen LogP contribution in [0.1, 0.15) is 36.5 Å². The lowest BCUT2D eigenvalue weighted by Gasteiger charge is -2.01. The fraction of sp³-hybridized carbons (Fsp3) is 0.600. The van der Waals surface area contributed by atoms with Crippen molar-refractivity contribution in [2.24, 2.45) is 0 Å². The summed E-state index contributed by atoms with van der Waals surface area (Å²) in [5, 5.41) is 0. The van der Waals surface area contributed by atoms with Gasteiger partial charge in [-0.1, -0.05) is 6.92 Å². The number of nitrogens with zero attached hydrogens (tertiary/aromatic N) is 1. The Kier molecular flexibility index (Phi) is 4.83. The molecule has 0 saturated heterocycles. The monoisotopic (exact) mass is 213 g/mol. The van der Waals surface area contributed by atoms with E-state index < -0.39 is 5.97 Å². The van der Waals surface area contributed by atoms with Crippen LogP contribution in [0.2, 0.25) is 0 Å². The molecule has 0 radical (unpaired) electrons. The van der Waals surface area contributed by atoms with Gasteiger partial charge in [0, 0.05) is 6.61 Å². The number of hydrogen-bond donors (Lipinski definition) is 0. The van der Waals surface area contributed by atoms with E-state index in [1.165, 1.54) is 6.39 Å². The third-order valence-electron chi connectivity index (χ3n) is 1.69. The van der Waals surface area contributed by atoms with Crippen LogP contribution in [0.3, 0.4) is 0 Å². The van der Waals surface area contributed by atoms with E-state index in [-0.39, 0.29) is 12.3 Å². The third-order valence-corrected chi connectivity index (χ3v) is 1.69. The molecule has 1 rings (SSSR count). The first kappa shape index (κ1) is 11.7. The summed E-state index contributed by atoms with van der Waals surface area (Å²) >= 11 is 0. The van der Waals surface area contributed by atoms with Gasteiger partial charge < -0.3 is 13.9 Å². The lowest BCUT2D eigenvalue weighted by Crippen LogP contribution is -2.08. The van der Waals surface area contributed by atoms with Crippen molar-refractivity contribution in [2.75, 3.05) is 13.2 Å². The molecule has 0 bridgehead atoms. The van der Waals surface area contributed by atoms with E-state index in [0.29, 0.717) is 19.0 Å². The largest absolute Gasteiger partial charge is 0.461 e. The molecule has 0 amide bonds. The Labute approximate surface area is 88.4 Å². The Morgan fingerprint density at radius 2 is 2.33 bits per heavy atom. The molecule has 1 aromatic heterocycles. The van der Waals surface area contributed by atoms with Crippen molar-refractivity contribution in [3.8, 4) is 0 Å². The minimum atomic E-state index is -0.471. The quantitative estimate of drug-likeness (QED) is 0.532. The van der Waals surface area contributed by atoms with Gasteiger partial charge >= 0.3 is 5.97 Å². The number of hydrogen-bond acceptors (Lipinski definition) is 5. The van der Waals surface area contributed by atoms with Gasteiger partial charge in [-0.05, 0) is 13.3 Å². The van der Waals surface area contributed by atoms with Gasteiger partial charge in [-0.25, -0.2) is 9.78 Å². The zero-order chi connectivity index (χ0) is 11.1. The molecule has 15 heavy (non-hydrogen) atoms. The average molecular weight is 213 g/mol.